The van der Waals surface area contributed by atoms with Crippen LogP contribution < -0.4 is 5.32 Å². The largest absolute Gasteiger partial charge is 0.352 e. The van der Waals surface area contributed by atoms with Crippen molar-refractivity contribution in [3.05, 3.63) is 71.3 Å². The molecule has 0 heterocycles. The third-order valence-electron chi connectivity index (χ3n) is 6.44. The van der Waals surface area contributed by atoms with Gasteiger partial charge in [0.05, 0.1) is 5.75 Å². The van der Waals surface area contributed by atoms with Gasteiger partial charge in [-0.05, 0) is 43.7 Å². The highest BCUT2D eigenvalue weighted by atomic mass is 32.2. The van der Waals surface area contributed by atoms with E-state index < -0.39 is 6.04 Å². The van der Waals surface area contributed by atoms with Crippen LogP contribution in [0.25, 0.3) is 0 Å². The van der Waals surface area contributed by atoms with Crippen LogP contribution >= 0.6 is 11.8 Å². The first-order valence-corrected chi connectivity index (χ1v) is 13.5. The van der Waals surface area contributed by atoms with Crippen molar-refractivity contribution in [3.63, 3.8) is 0 Å². The fraction of sp³-hybridized carbons (Fsp3) is 0.500. The van der Waals surface area contributed by atoms with Crippen LogP contribution in [0.5, 0.6) is 0 Å². The summed E-state index contributed by atoms with van der Waals surface area (Å²) in [6, 6.07) is 18.5. The molecule has 0 saturated heterocycles. The minimum atomic E-state index is -0.414. The van der Waals surface area contributed by atoms with E-state index in [-0.39, 0.29) is 17.9 Å². The van der Waals surface area contributed by atoms with Crippen LogP contribution in [0.3, 0.4) is 0 Å². The van der Waals surface area contributed by atoms with Crippen molar-refractivity contribution in [2.45, 2.75) is 76.6 Å². The minimum Gasteiger partial charge on any atom is -0.352 e. The Morgan fingerprint density at radius 2 is 1.70 bits per heavy atom. The van der Waals surface area contributed by atoms with Crippen molar-refractivity contribution < 1.29 is 9.59 Å². The maximum absolute atomic E-state index is 13.3. The van der Waals surface area contributed by atoms with Crippen LogP contribution in [0, 0.1) is 6.92 Å². The van der Waals surface area contributed by atoms with Crippen molar-refractivity contribution >= 4 is 23.6 Å². The molecule has 1 aliphatic carbocycles. The number of thioether (sulfide) groups is 1. The smallest absolute Gasteiger partial charge is 0.243 e. The molecule has 4 nitrogen and oxygen atoms in total. The molecule has 0 aliphatic heterocycles. The molecule has 3 rings (SSSR count). The fourth-order valence-corrected chi connectivity index (χ4v) is 5.33. The Kier molecular flexibility index (Phi) is 10.3. The van der Waals surface area contributed by atoms with E-state index >= 15 is 0 Å². The highest BCUT2D eigenvalue weighted by molar-refractivity contribution is 7.99. The molecule has 0 aromatic heterocycles. The lowest BCUT2D eigenvalue weighted by molar-refractivity contribution is -0.139. The van der Waals surface area contributed by atoms with Crippen molar-refractivity contribution in [2.75, 3.05) is 12.3 Å². The van der Waals surface area contributed by atoms with Gasteiger partial charge in [-0.1, -0.05) is 86.3 Å². The number of amides is 2. The first kappa shape index (κ1) is 25.4. The second-order valence-electron chi connectivity index (χ2n) is 9.07. The number of nitrogens with one attached hydrogen (secondary N) is 1. The normalized spacial score (nSPS) is 15.1. The lowest BCUT2D eigenvalue weighted by Crippen LogP contribution is -2.52. The van der Waals surface area contributed by atoms with Crippen LogP contribution in [0.15, 0.2) is 54.6 Å². The summed E-state index contributed by atoms with van der Waals surface area (Å²) < 4.78 is 0. The summed E-state index contributed by atoms with van der Waals surface area (Å²) in [4.78, 5) is 28.4. The summed E-state index contributed by atoms with van der Waals surface area (Å²) >= 11 is 1.62. The number of carbonyl (C=O) groups excluding carboxylic acids is 2. The first-order chi connectivity index (χ1) is 16.1. The first-order valence-electron chi connectivity index (χ1n) is 12.3. The van der Waals surface area contributed by atoms with Crippen LogP contribution in [-0.2, 0) is 21.8 Å². The second kappa shape index (κ2) is 13.4. The molecule has 178 valence electrons. The fourth-order valence-electron chi connectivity index (χ4n) is 4.46. The summed E-state index contributed by atoms with van der Waals surface area (Å²) in [5, 5.41) is 3.25. The summed E-state index contributed by atoms with van der Waals surface area (Å²) in [6.45, 7) is 4.65. The number of aryl methyl sites for hydroxylation is 1. The van der Waals surface area contributed by atoms with E-state index in [0.717, 1.165) is 25.0 Å². The Labute approximate surface area is 203 Å². The minimum absolute atomic E-state index is 0.00865. The zero-order valence-corrected chi connectivity index (χ0v) is 20.9. The van der Waals surface area contributed by atoms with Crippen LogP contribution in [0.1, 0.15) is 62.1 Å². The quantitative estimate of drug-likeness (QED) is 0.474. The number of benzene rings is 2. The SMILES string of the molecule is CC[C@@H](C(=O)NC1CCCCC1)N(CCc1ccccc1)C(=O)CSCc1ccc(C)cc1. The topological polar surface area (TPSA) is 49.4 Å². The number of nitrogens with zero attached hydrogens (tertiary/aromatic N) is 1. The van der Waals surface area contributed by atoms with E-state index in [9.17, 15) is 9.59 Å². The molecule has 1 atom stereocenters. The van der Waals surface area contributed by atoms with Gasteiger partial charge in [-0.15, -0.1) is 11.8 Å². The zero-order valence-electron chi connectivity index (χ0n) is 20.1. The standard InChI is InChI=1S/C28H38N2O2S/c1-3-26(28(32)29-25-12-8-5-9-13-25)30(19-18-23-10-6-4-7-11-23)27(31)21-33-20-24-16-14-22(2)15-17-24/h4,6-7,10-11,14-17,25-26H,3,5,8-9,12-13,18-21H2,1-2H3,(H,29,32)/t26-/m0/s1. The average Bonchev–Trinajstić information content (AvgIpc) is 2.84. The summed E-state index contributed by atoms with van der Waals surface area (Å²) in [6.07, 6.45) is 7.08. The van der Waals surface area contributed by atoms with Gasteiger partial charge in [-0.2, -0.15) is 0 Å². The Morgan fingerprint density at radius 1 is 1.00 bits per heavy atom. The molecule has 0 unspecified atom stereocenters. The van der Waals surface area contributed by atoms with E-state index in [2.05, 4.69) is 48.6 Å². The molecule has 5 heteroatoms. The van der Waals surface area contributed by atoms with Crippen molar-refractivity contribution in [3.8, 4) is 0 Å². The zero-order chi connectivity index (χ0) is 23.5. The van der Waals surface area contributed by atoms with Crippen LogP contribution in [0.2, 0.25) is 0 Å². The van der Waals surface area contributed by atoms with Gasteiger partial charge >= 0.3 is 0 Å². The monoisotopic (exact) mass is 466 g/mol. The van der Waals surface area contributed by atoms with Crippen LogP contribution in [0.4, 0.5) is 0 Å². The van der Waals surface area contributed by atoms with Gasteiger partial charge in [-0.3, -0.25) is 9.59 Å². The Hall–Kier alpha value is -2.27. The lowest BCUT2D eigenvalue weighted by Gasteiger charge is -2.32. The Bertz CT molecular complexity index is 863. The molecule has 2 aromatic carbocycles. The van der Waals surface area contributed by atoms with E-state index in [4.69, 9.17) is 0 Å². The van der Waals surface area contributed by atoms with Gasteiger partial charge in [0.1, 0.15) is 6.04 Å². The van der Waals surface area contributed by atoms with Gasteiger partial charge < -0.3 is 10.2 Å². The van der Waals surface area contributed by atoms with Gasteiger partial charge in [0.25, 0.3) is 0 Å². The maximum Gasteiger partial charge on any atom is 0.243 e. The molecule has 0 bridgehead atoms. The number of carbonyl (C=O) groups is 2. The highest BCUT2D eigenvalue weighted by Gasteiger charge is 2.29. The van der Waals surface area contributed by atoms with Crippen molar-refractivity contribution in [2.24, 2.45) is 0 Å². The molecule has 2 amide bonds. The molecule has 0 spiro atoms. The molecular weight excluding hydrogens is 428 g/mol. The van der Waals surface area contributed by atoms with Gasteiger partial charge in [0.2, 0.25) is 11.8 Å². The second-order valence-corrected chi connectivity index (χ2v) is 10.1. The van der Waals surface area contributed by atoms with Crippen LogP contribution in [-0.4, -0.2) is 41.1 Å². The third kappa shape index (κ3) is 8.22. The molecule has 1 fully saturated rings. The van der Waals surface area contributed by atoms with Gasteiger partial charge in [0, 0.05) is 18.3 Å². The van der Waals surface area contributed by atoms with E-state index in [1.165, 1.54) is 36.0 Å². The predicted molar refractivity (Wildman–Crippen MR) is 138 cm³/mol. The molecule has 1 saturated carbocycles. The van der Waals surface area contributed by atoms with Gasteiger partial charge in [-0.25, -0.2) is 0 Å². The Morgan fingerprint density at radius 3 is 2.36 bits per heavy atom. The number of hydrogen-bond acceptors (Lipinski definition) is 3. The predicted octanol–water partition coefficient (Wildman–Crippen LogP) is 5.53. The van der Waals surface area contributed by atoms with E-state index in [1.807, 2.05) is 30.0 Å². The molecule has 1 aliphatic rings. The summed E-state index contributed by atoms with van der Waals surface area (Å²) in [7, 11) is 0. The van der Waals surface area contributed by atoms with E-state index in [0.29, 0.717) is 18.7 Å². The number of hydrogen-bond donors (Lipinski definition) is 1. The lowest BCUT2D eigenvalue weighted by atomic mass is 9.95. The summed E-state index contributed by atoms with van der Waals surface area (Å²) in [5.74, 6) is 1.24. The average molecular weight is 467 g/mol. The van der Waals surface area contributed by atoms with Crippen molar-refractivity contribution in [1.29, 1.82) is 0 Å². The molecule has 1 N–H and O–H groups in total. The molecule has 0 radical (unpaired) electrons. The highest BCUT2D eigenvalue weighted by Crippen LogP contribution is 2.19. The molecule has 33 heavy (non-hydrogen) atoms. The van der Waals surface area contributed by atoms with Gasteiger partial charge in [0.15, 0.2) is 0 Å². The number of rotatable bonds is 11. The third-order valence-corrected chi connectivity index (χ3v) is 7.43. The molecule has 2 aromatic rings. The summed E-state index contributed by atoms with van der Waals surface area (Å²) in [5.41, 5.74) is 3.64. The van der Waals surface area contributed by atoms with Crippen molar-refractivity contribution in [1.82, 2.24) is 10.2 Å². The Balaban J connectivity index is 1.64. The maximum atomic E-state index is 13.3. The van der Waals surface area contributed by atoms with E-state index in [1.54, 1.807) is 11.8 Å². The molecular formula is C28H38N2O2S.